The molecule has 38 heavy (non-hydrogen) atoms. The second kappa shape index (κ2) is 13.1. The fourth-order valence-corrected chi connectivity index (χ4v) is 4.06. The molecule has 0 saturated carbocycles. The number of carbonyl (C=O) groups excluding carboxylic acids is 2. The summed E-state index contributed by atoms with van der Waals surface area (Å²) in [4.78, 5) is 25.6. The number of hydrogen-bond donors (Lipinski definition) is 2. The molecule has 0 heterocycles. The number of para-hydroxylation sites is 1. The molecule has 1 unspecified atom stereocenters. The molecule has 2 aromatic carbocycles. The van der Waals surface area contributed by atoms with E-state index in [9.17, 15) is 19.2 Å². The minimum atomic E-state index is -0.870. The van der Waals surface area contributed by atoms with Crippen LogP contribution in [0.1, 0.15) is 105 Å². The lowest BCUT2D eigenvalue weighted by molar-refractivity contribution is -0.123. The lowest BCUT2D eigenvalue weighted by atomic mass is 9.76. The highest BCUT2D eigenvalue weighted by atomic mass is 19.2. The van der Waals surface area contributed by atoms with E-state index in [0.717, 1.165) is 24.8 Å². The van der Waals surface area contributed by atoms with E-state index < -0.39 is 23.7 Å². The number of carbonyl (C=O) groups is 2. The number of hydrogen-bond acceptors (Lipinski definition) is 4. The van der Waals surface area contributed by atoms with Crippen LogP contribution in [0.25, 0.3) is 0 Å². The van der Waals surface area contributed by atoms with Gasteiger partial charge in [0.2, 0.25) is 0 Å². The van der Waals surface area contributed by atoms with Crippen molar-refractivity contribution in [2.45, 2.75) is 111 Å². The van der Waals surface area contributed by atoms with E-state index >= 15 is 0 Å². The lowest BCUT2D eigenvalue weighted by Gasteiger charge is -2.31. The number of phenols is 1. The van der Waals surface area contributed by atoms with Crippen LogP contribution in [0, 0.1) is 0 Å². The van der Waals surface area contributed by atoms with E-state index in [1.165, 1.54) is 23.8 Å². The van der Waals surface area contributed by atoms with E-state index in [2.05, 4.69) is 59.0 Å². The molecular formula is C31H45FN2O4. The topological polar surface area (TPSA) is 78.9 Å². The number of benzene rings is 2. The first-order valence-corrected chi connectivity index (χ1v) is 13.8. The fraction of sp³-hybridized carbons (Fsp3) is 0.548. The van der Waals surface area contributed by atoms with Crippen molar-refractivity contribution in [1.29, 1.82) is 0 Å². The summed E-state index contributed by atoms with van der Waals surface area (Å²) in [5.74, 6) is -1.08. The van der Waals surface area contributed by atoms with Crippen LogP contribution in [-0.4, -0.2) is 23.0 Å². The zero-order valence-electron chi connectivity index (χ0n) is 24.3. The fourth-order valence-electron chi connectivity index (χ4n) is 4.06. The number of phenolic OH excluding ortho intramolecular Hbond substituents is 1. The van der Waals surface area contributed by atoms with Gasteiger partial charge in [-0.05, 0) is 60.3 Å². The molecule has 2 N–H and O–H groups in total. The molecule has 0 aromatic heterocycles. The summed E-state index contributed by atoms with van der Waals surface area (Å²) < 4.78 is 21.3. The van der Waals surface area contributed by atoms with Crippen LogP contribution in [0.2, 0.25) is 0 Å². The van der Waals surface area contributed by atoms with Gasteiger partial charge in [-0.15, -0.1) is 5.12 Å². The molecular weight excluding hydrogens is 483 g/mol. The van der Waals surface area contributed by atoms with Crippen molar-refractivity contribution < 1.29 is 23.9 Å². The smallest absolute Gasteiger partial charge is 0.265 e. The van der Waals surface area contributed by atoms with Crippen molar-refractivity contribution in [3.63, 3.8) is 0 Å². The molecule has 1 atom stereocenters. The average Bonchev–Trinajstić information content (AvgIpc) is 2.89. The highest BCUT2D eigenvalue weighted by Crippen LogP contribution is 2.40. The Balaban J connectivity index is 2.39. The minimum absolute atomic E-state index is 0.00134. The molecule has 0 spiro atoms. The number of ether oxygens (including phenoxy) is 1. The first-order chi connectivity index (χ1) is 17.8. The summed E-state index contributed by atoms with van der Waals surface area (Å²) in [7, 11) is 0. The molecule has 0 aliphatic rings. The van der Waals surface area contributed by atoms with Crippen LogP contribution in [0.5, 0.6) is 11.5 Å². The van der Waals surface area contributed by atoms with Gasteiger partial charge < -0.3 is 15.2 Å². The zero-order chi connectivity index (χ0) is 28.7. The van der Waals surface area contributed by atoms with Gasteiger partial charge in [0.25, 0.3) is 11.8 Å². The summed E-state index contributed by atoms with van der Waals surface area (Å²) in [5.41, 5.74) is 1.67. The summed E-state index contributed by atoms with van der Waals surface area (Å²) in [6, 6.07) is 10.4. The minimum Gasteiger partial charge on any atom is -0.506 e. The first kappa shape index (κ1) is 31.1. The number of rotatable bonds is 13. The third kappa shape index (κ3) is 7.27. The van der Waals surface area contributed by atoms with E-state index in [-0.39, 0.29) is 33.7 Å². The standard InChI is InChI=1S/C31H45FN2O4/c1-9-13-17-27(36)34(32)28-23(15-14-16-24(28)35)33-29(37)25(10-2)38-26-19-18-21(30(5,6)11-3)20-22(26)31(7,8)12-4/h14-16,18-20,25,35H,9-13,17H2,1-8H3,(H,33,37). The van der Waals surface area contributed by atoms with Crippen molar-refractivity contribution in [2.24, 2.45) is 0 Å². The molecule has 6 nitrogen and oxygen atoms in total. The lowest BCUT2D eigenvalue weighted by Crippen LogP contribution is -2.34. The molecule has 2 rings (SSSR count). The van der Waals surface area contributed by atoms with Gasteiger partial charge in [-0.3, -0.25) is 9.59 Å². The molecule has 0 bridgehead atoms. The van der Waals surface area contributed by atoms with Gasteiger partial charge in [-0.1, -0.05) is 84.5 Å². The Bertz CT molecular complexity index is 1110. The number of unbranched alkanes of at least 4 members (excludes halogenated alkanes) is 1. The van der Waals surface area contributed by atoms with Crippen molar-refractivity contribution in [3.8, 4) is 11.5 Å². The number of nitrogens with one attached hydrogen (secondary N) is 1. The maximum Gasteiger partial charge on any atom is 0.265 e. The molecule has 2 aromatic rings. The average molecular weight is 529 g/mol. The number of nitrogens with zero attached hydrogens (tertiary/aromatic N) is 1. The summed E-state index contributed by atoms with van der Waals surface area (Å²) in [6.45, 7) is 16.8. The monoisotopic (exact) mass is 528 g/mol. The van der Waals surface area contributed by atoms with Gasteiger partial charge in [0, 0.05) is 12.0 Å². The van der Waals surface area contributed by atoms with Crippen LogP contribution in [0.3, 0.4) is 0 Å². The van der Waals surface area contributed by atoms with E-state index in [1.54, 1.807) is 0 Å². The molecule has 2 amide bonds. The predicted octanol–water partition coefficient (Wildman–Crippen LogP) is 7.97. The summed E-state index contributed by atoms with van der Waals surface area (Å²) in [6.07, 6.45) is 2.61. The molecule has 210 valence electrons. The van der Waals surface area contributed by atoms with Gasteiger partial charge in [0.1, 0.15) is 17.2 Å². The Kier molecular flexibility index (Phi) is 10.7. The normalized spacial score (nSPS) is 12.7. The van der Waals surface area contributed by atoms with Crippen molar-refractivity contribution >= 4 is 23.2 Å². The maximum absolute atomic E-state index is 15.0. The highest BCUT2D eigenvalue weighted by Gasteiger charge is 2.30. The van der Waals surface area contributed by atoms with Gasteiger partial charge in [-0.2, -0.15) is 0 Å². The second-order valence-electron chi connectivity index (χ2n) is 11.1. The third-order valence-electron chi connectivity index (χ3n) is 7.62. The Morgan fingerprint density at radius 1 is 1.03 bits per heavy atom. The number of anilines is 2. The Hall–Kier alpha value is -3.09. The zero-order valence-corrected chi connectivity index (χ0v) is 24.3. The Morgan fingerprint density at radius 3 is 2.26 bits per heavy atom. The van der Waals surface area contributed by atoms with E-state index in [1.807, 2.05) is 19.9 Å². The van der Waals surface area contributed by atoms with Crippen LogP contribution < -0.4 is 15.2 Å². The van der Waals surface area contributed by atoms with Crippen LogP contribution >= 0.6 is 0 Å². The molecule has 0 radical (unpaired) electrons. The number of amides is 2. The maximum atomic E-state index is 15.0. The van der Waals surface area contributed by atoms with E-state index in [0.29, 0.717) is 18.6 Å². The second-order valence-corrected chi connectivity index (χ2v) is 11.1. The van der Waals surface area contributed by atoms with Gasteiger partial charge in [0.15, 0.2) is 6.10 Å². The van der Waals surface area contributed by atoms with Crippen LogP contribution in [0.4, 0.5) is 15.9 Å². The molecule has 0 aliphatic carbocycles. The predicted molar refractivity (Wildman–Crippen MR) is 153 cm³/mol. The van der Waals surface area contributed by atoms with Gasteiger partial charge in [-0.25, -0.2) is 0 Å². The molecule has 0 saturated heterocycles. The summed E-state index contributed by atoms with van der Waals surface area (Å²) in [5, 5.41) is 12.9. The highest BCUT2D eigenvalue weighted by molar-refractivity contribution is 6.02. The SMILES string of the molecule is CCCCC(=O)N(F)c1c(O)cccc1NC(=O)C(CC)Oc1ccc(C(C)(C)CC)cc1C(C)(C)CC. The molecule has 7 heteroatoms. The van der Waals surface area contributed by atoms with Gasteiger partial charge in [0.05, 0.1) is 5.69 Å². The number of halogens is 1. The largest absolute Gasteiger partial charge is 0.506 e. The quantitative estimate of drug-likeness (QED) is 0.258. The summed E-state index contributed by atoms with van der Waals surface area (Å²) >= 11 is 0. The Labute approximate surface area is 227 Å². The van der Waals surface area contributed by atoms with Crippen molar-refractivity contribution in [2.75, 3.05) is 10.4 Å². The third-order valence-corrected chi connectivity index (χ3v) is 7.62. The Morgan fingerprint density at radius 2 is 1.68 bits per heavy atom. The van der Waals surface area contributed by atoms with Crippen LogP contribution in [-0.2, 0) is 20.4 Å². The first-order valence-electron chi connectivity index (χ1n) is 13.8. The molecule has 0 aliphatic heterocycles. The van der Waals surface area contributed by atoms with E-state index in [4.69, 9.17) is 4.74 Å². The van der Waals surface area contributed by atoms with Crippen LogP contribution in [0.15, 0.2) is 36.4 Å². The van der Waals surface area contributed by atoms with Crippen molar-refractivity contribution in [3.05, 3.63) is 47.5 Å². The molecule has 0 fully saturated rings. The van der Waals surface area contributed by atoms with Gasteiger partial charge >= 0.3 is 0 Å². The van der Waals surface area contributed by atoms with Crippen molar-refractivity contribution in [1.82, 2.24) is 0 Å². The number of aromatic hydroxyl groups is 1.